The Labute approximate surface area is 125 Å². The first kappa shape index (κ1) is 14.3. The summed E-state index contributed by atoms with van der Waals surface area (Å²) in [6.07, 6.45) is 7.96. The molecule has 1 aliphatic rings. The van der Waals surface area contributed by atoms with Gasteiger partial charge < -0.3 is 9.42 Å². The van der Waals surface area contributed by atoms with Crippen molar-refractivity contribution in [3.05, 3.63) is 30.2 Å². The average molecular weight is 289 g/mol. The average Bonchev–Trinajstić information content (AvgIpc) is 3.15. The highest BCUT2D eigenvalue weighted by Crippen LogP contribution is 2.22. The molecule has 0 bridgehead atoms. The van der Waals surface area contributed by atoms with Crippen LogP contribution in [0.5, 0.6) is 0 Å². The van der Waals surface area contributed by atoms with Gasteiger partial charge in [-0.05, 0) is 51.4 Å². The zero-order valence-electron chi connectivity index (χ0n) is 12.8. The van der Waals surface area contributed by atoms with Crippen LogP contribution >= 0.6 is 0 Å². The van der Waals surface area contributed by atoms with E-state index < -0.39 is 0 Å². The number of rotatable bonds is 5. The molecule has 6 heteroatoms. The Kier molecular flexibility index (Phi) is 4.34. The fraction of sp³-hybridized carbons (Fsp3) is 0.667. The van der Waals surface area contributed by atoms with E-state index in [1.165, 1.54) is 25.9 Å². The Morgan fingerprint density at radius 1 is 1.38 bits per heavy atom. The van der Waals surface area contributed by atoms with Gasteiger partial charge in [0.2, 0.25) is 0 Å². The summed E-state index contributed by atoms with van der Waals surface area (Å²) >= 11 is 0. The van der Waals surface area contributed by atoms with E-state index in [-0.39, 0.29) is 6.04 Å². The fourth-order valence-electron chi connectivity index (χ4n) is 2.95. The molecule has 0 saturated carbocycles. The summed E-state index contributed by atoms with van der Waals surface area (Å²) in [7, 11) is 2.18. The van der Waals surface area contributed by atoms with Gasteiger partial charge in [-0.2, -0.15) is 10.1 Å². The summed E-state index contributed by atoms with van der Waals surface area (Å²) in [6, 6.07) is 1.96. The first-order valence-corrected chi connectivity index (χ1v) is 7.76. The highest BCUT2D eigenvalue weighted by atomic mass is 16.5. The van der Waals surface area contributed by atoms with Crippen LogP contribution in [0, 0.1) is 5.92 Å². The molecule has 0 spiro atoms. The lowest BCUT2D eigenvalue weighted by atomic mass is 9.94. The van der Waals surface area contributed by atoms with E-state index in [1.54, 1.807) is 6.20 Å². The van der Waals surface area contributed by atoms with Crippen molar-refractivity contribution >= 4 is 0 Å². The third kappa shape index (κ3) is 3.32. The van der Waals surface area contributed by atoms with Gasteiger partial charge in [-0.15, -0.1) is 0 Å². The molecule has 6 nitrogen and oxygen atoms in total. The van der Waals surface area contributed by atoms with Gasteiger partial charge in [0.25, 0.3) is 5.89 Å². The van der Waals surface area contributed by atoms with Gasteiger partial charge >= 0.3 is 0 Å². The topological polar surface area (TPSA) is 60.0 Å². The van der Waals surface area contributed by atoms with Crippen molar-refractivity contribution in [2.24, 2.45) is 5.92 Å². The molecule has 21 heavy (non-hydrogen) atoms. The van der Waals surface area contributed by atoms with Crippen LogP contribution in [-0.4, -0.2) is 45.0 Å². The SMILES string of the molecule is CC[C@H](c1nc(CC2CCN(C)CC2)no1)n1cccn1. The molecule has 1 saturated heterocycles. The van der Waals surface area contributed by atoms with Crippen molar-refractivity contribution in [2.45, 2.75) is 38.6 Å². The van der Waals surface area contributed by atoms with Gasteiger partial charge in [-0.3, -0.25) is 4.68 Å². The van der Waals surface area contributed by atoms with E-state index in [4.69, 9.17) is 4.52 Å². The van der Waals surface area contributed by atoms with Crippen LogP contribution in [0.2, 0.25) is 0 Å². The van der Waals surface area contributed by atoms with Crippen LogP contribution in [0.15, 0.2) is 23.0 Å². The van der Waals surface area contributed by atoms with Gasteiger partial charge in [-0.1, -0.05) is 12.1 Å². The van der Waals surface area contributed by atoms with Crippen LogP contribution in [0.3, 0.4) is 0 Å². The zero-order chi connectivity index (χ0) is 14.7. The number of piperidine rings is 1. The van der Waals surface area contributed by atoms with Crippen molar-refractivity contribution in [1.29, 1.82) is 0 Å². The molecule has 0 unspecified atom stereocenters. The van der Waals surface area contributed by atoms with E-state index in [9.17, 15) is 0 Å². The fourth-order valence-corrected chi connectivity index (χ4v) is 2.95. The quantitative estimate of drug-likeness (QED) is 0.844. The zero-order valence-corrected chi connectivity index (χ0v) is 12.8. The largest absolute Gasteiger partial charge is 0.337 e. The molecule has 2 aromatic rings. The second-order valence-corrected chi connectivity index (χ2v) is 5.91. The summed E-state index contributed by atoms with van der Waals surface area (Å²) in [5.41, 5.74) is 0. The van der Waals surface area contributed by atoms with Crippen LogP contribution in [0.25, 0.3) is 0 Å². The number of likely N-dealkylation sites (tertiary alicyclic amines) is 1. The molecule has 3 heterocycles. The first-order chi connectivity index (χ1) is 10.3. The maximum Gasteiger partial charge on any atom is 0.251 e. The Bertz CT molecular complexity index is 542. The molecule has 0 aliphatic carbocycles. The minimum Gasteiger partial charge on any atom is -0.337 e. The summed E-state index contributed by atoms with van der Waals surface area (Å²) < 4.78 is 7.35. The molecule has 3 rings (SSSR count). The minimum absolute atomic E-state index is 0.0405. The lowest BCUT2D eigenvalue weighted by molar-refractivity contribution is 0.216. The van der Waals surface area contributed by atoms with Crippen LogP contribution in [-0.2, 0) is 6.42 Å². The first-order valence-electron chi connectivity index (χ1n) is 7.76. The van der Waals surface area contributed by atoms with E-state index in [0.717, 1.165) is 18.7 Å². The second-order valence-electron chi connectivity index (χ2n) is 5.91. The normalized spacial score (nSPS) is 19.0. The van der Waals surface area contributed by atoms with Crippen molar-refractivity contribution in [3.8, 4) is 0 Å². The van der Waals surface area contributed by atoms with Gasteiger partial charge in [0, 0.05) is 18.8 Å². The summed E-state index contributed by atoms with van der Waals surface area (Å²) in [6.45, 7) is 4.44. The number of hydrogen-bond donors (Lipinski definition) is 0. The van der Waals surface area contributed by atoms with Crippen molar-refractivity contribution in [1.82, 2.24) is 24.8 Å². The number of hydrogen-bond acceptors (Lipinski definition) is 5. The predicted octanol–water partition coefficient (Wildman–Crippen LogP) is 2.15. The molecule has 1 atom stereocenters. The van der Waals surface area contributed by atoms with E-state index in [2.05, 4.69) is 34.1 Å². The maximum atomic E-state index is 5.47. The highest BCUT2D eigenvalue weighted by Gasteiger charge is 2.22. The van der Waals surface area contributed by atoms with Gasteiger partial charge in [0.05, 0.1) is 0 Å². The third-order valence-electron chi connectivity index (χ3n) is 4.31. The van der Waals surface area contributed by atoms with E-state index >= 15 is 0 Å². The molecule has 0 radical (unpaired) electrons. The smallest absolute Gasteiger partial charge is 0.251 e. The van der Waals surface area contributed by atoms with E-state index in [1.807, 2.05) is 16.9 Å². The van der Waals surface area contributed by atoms with Crippen molar-refractivity contribution < 1.29 is 4.52 Å². The molecule has 0 aromatic carbocycles. The molecule has 114 valence electrons. The van der Waals surface area contributed by atoms with Crippen LogP contribution in [0.4, 0.5) is 0 Å². The molecule has 1 fully saturated rings. The maximum absolute atomic E-state index is 5.47. The summed E-state index contributed by atoms with van der Waals surface area (Å²) in [5.74, 6) is 2.19. The van der Waals surface area contributed by atoms with Gasteiger partial charge in [0.1, 0.15) is 6.04 Å². The Morgan fingerprint density at radius 2 is 2.19 bits per heavy atom. The van der Waals surface area contributed by atoms with Gasteiger partial charge in [-0.25, -0.2) is 0 Å². The lowest BCUT2D eigenvalue weighted by Gasteiger charge is -2.28. The van der Waals surface area contributed by atoms with Crippen molar-refractivity contribution in [2.75, 3.05) is 20.1 Å². The predicted molar refractivity (Wildman–Crippen MR) is 78.9 cm³/mol. The molecule has 2 aromatic heterocycles. The number of nitrogens with zero attached hydrogens (tertiary/aromatic N) is 5. The highest BCUT2D eigenvalue weighted by molar-refractivity contribution is 4.97. The molecule has 0 N–H and O–H groups in total. The van der Waals surface area contributed by atoms with Gasteiger partial charge in [0.15, 0.2) is 5.82 Å². The molecule has 0 amide bonds. The Balaban J connectivity index is 1.65. The standard InChI is InChI=1S/C15H23N5O/c1-3-13(20-8-4-7-16-20)15-17-14(18-21-15)11-12-5-9-19(2)10-6-12/h4,7-8,12-13H,3,5-6,9-11H2,1-2H3/t13-/m1/s1. The van der Waals surface area contributed by atoms with Crippen LogP contribution in [0.1, 0.15) is 43.9 Å². The molecular weight excluding hydrogens is 266 g/mol. The molecule has 1 aliphatic heterocycles. The monoisotopic (exact) mass is 289 g/mol. The third-order valence-corrected chi connectivity index (χ3v) is 4.31. The molecular formula is C15H23N5O. The Hall–Kier alpha value is -1.69. The number of aromatic nitrogens is 4. The summed E-state index contributed by atoms with van der Waals surface area (Å²) in [5, 5.41) is 8.45. The minimum atomic E-state index is 0.0405. The summed E-state index contributed by atoms with van der Waals surface area (Å²) in [4.78, 5) is 6.98. The van der Waals surface area contributed by atoms with Crippen molar-refractivity contribution in [3.63, 3.8) is 0 Å². The Morgan fingerprint density at radius 3 is 2.86 bits per heavy atom. The van der Waals surface area contributed by atoms with Crippen LogP contribution < -0.4 is 0 Å². The van der Waals surface area contributed by atoms with E-state index in [0.29, 0.717) is 11.8 Å². The lowest BCUT2D eigenvalue weighted by Crippen LogP contribution is -2.31. The second kappa shape index (κ2) is 6.39.